The minimum atomic E-state index is 0.248. The molecule has 1 N–H and O–H groups in total. The van der Waals surface area contributed by atoms with E-state index in [1.807, 2.05) is 12.1 Å². The van der Waals surface area contributed by atoms with Crippen LogP contribution in [0.3, 0.4) is 0 Å². The van der Waals surface area contributed by atoms with E-state index in [0.29, 0.717) is 5.92 Å². The topological polar surface area (TPSA) is 30.5 Å². The van der Waals surface area contributed by atoms with Crippen LogP contribution in [0.4, 0.5) is 0 Å². The van der Waals surface area contributed by atoms with Crippen molar-refractivity contribution in [3.63, 3.8) is 0 Å². The van der Waals surface area contributed by atoms with Crippen molar-refractivity contribution < 1.29 is 9.47 Å². The molecule has 3 nitrogen and oxygen atoms in total. The number of benzene rings is 1. The van der Waals surface area contributed by atoms with E-state index in [1.165, 1.54) is 18.4 Å². The van der Waals surface area contributed by atoms with E-state index in [4.69, 9.17) is 9.47 Å². The van der Waals surface area contributed by atoms with Gasteiger partial charge >= 0.3 is 0 Å². The van der Waals surface area contributed by atoms with Gasteiger partial charge in [0.05, 0.1) is 14.2 Å². The van der Waals surface area contributed by atoms with E-state index in [0.717, 1.165) is 24.6 Å². The molecule has 0 aromatic heterocycles. The number of nitrogens with one attached hydrogen (secondary N) is 1. The van der Waals surface area contributed by atoms with Crippen molar-refractivity contribution in [2.75, 3.05) is 27.3 Å². The number of hydrogen-bond donors (Lipinski definition) is 1. The molecule has 2 rings (SSSR count). The van der Waals surface area contributed by atoms with Crippen molar-refractivity contribution in [1.82, 2.24) is 5.32 Å². The molecule has 0 heterocycles. The second kappa shape index (κ2) is 5.83. The van der Waals surface area contributed by atoms with E-state index in [9.17, 15) is 0 Å². The third kappa shape index (κ3) is 2.86. The molecule has 0 radical (unpaired) electrons. The van der Waals surface area contributed by atoms with E-state index in [1.54, 1.807) is 14.2 Å². The number of hydrogen-bond acceptors (Lipinski definition) is 3. The number of rotatable bonds is 7. The van der Waals surface area contributed by atoms with Crippen LogP contribution in [-0.2, 0) is 5.41 Å². The maximum Gasteiger partial charge on any atom is 0.126 e. The van der Waals surface area contributed by atoms with Gasteiger partial charge in [-0.1, -0.05) is 19.9 Å². The van der Waals surface area contributed by atoms with Crippen molar-refractivity contribution in [3.8, 4) is 11.5 Å². The van der Waals surface area contributed by atoms with Gasteiger partial charge in [-0.15, -0.1) is 0 Å². The maximum absolute atomic E-state index is 5.53. The summed E-state index contributed by atoms with van der Waals surface area (Å²) in [5, 5.41) is 3.52. The quantitative estimate of drug-likeness (QED) is 0.767. The second-order valence-electron chi connectivity index (χ2n) is 5.59. The van der Waals surface area contributed by atoms with Crippen LogP contribution < -0.4 is 14.8 Å². The zero-order chi connectivity index (χ0) is 13.9. The molecule has 1 aromatic carbocycles. The Kier molecular flexibility index (Phi) is 4.35. The van der Waals surface area contributed by atoms with Crippen molar-refractivity contribution in [2.24, 2.45) is 5.92 Å². The Labute approximate surface area is 116 Å². The summed E-state index contributed by atoms with van der Waals surface area (Å²) >= 11 is 0. The molecule has 2 atom stereocenters. The van der Waals surface area contributed by atoms with Crippen LogP contribution in [0.25, 0.3) is 0 Å². The maximum atomic E-state index is 5.53. The van der Waals surface area contributed by atoms with Crippen molar-refractivity contribution in [3.05, 3.63) is 23.8 Å². The van der Waals surface area contributed by atoms with Gasteiger partial charge in [0, 0.05) is 17.0 Å². The Bertz CT molecular complexity index is 433. The lowest BCUT2D eigenvalue weighted by Crippen LogP contribution is -2.21. The number of methoxy groups -OCH3 is 2. The molecule has 0 aliphatic heterocycles. The average molecular weight is 263 g/mol. The fourth-order valence-corrected chi connectivity index (χ4v) is 2.80. The second-order valence-corrected chi connectivity index (χ2v) is 5.59. The standard InChI is InChI=1S/C16H25NO2/c1-5-8-17-11-12-10-16(12,2)14-7-6-13(18-3)9-15(14)19-4/h6-7,9,12,17H,5,8,10-11H2,1-4H3. The van der Waals surface area contributed by atoms with Crippen LogP contribution in [0.5, 0.6) is 11.5 Å². The molecular formula is C16H25NO2. The molecule has 2 unspecified atom stereocenters. The minimum absolute atomic E-state index is 0.248. The lowest BCUT2D eigenvalue weighted by molar-refractivity contribution is 0.386. The van der Waals surface area contributed by atoms with Crippen molar-refractivity contribution in [1.29, 1.82) is 0 Å². The highest BCUT2D eigenvalue weighted by atomic mass is 16.5. The minimum Gasteiger partial charge on any atom is -0.497 e. The summed E-state index contributed by atoms with van der Waals surface area (Å²) in [6.07, 6.45) is 2.42. The van der Waals surface area contributed by atoms with Gasteiger partial charge in [0.2, 0.25) is 0 Å². The fourth-order valence-electron chi connectivity index (χ4n) is 2.80. The predicted octanol–water partition coefficient (Wildman–Crippen LogP) is 2.98. The van der Waals surface area contributed by atoms with Gasteiger partial charge in [-0.25, -0.2) is 0 Å². The van der Waals surface area contributed by atoms with Gasteiger partial charge in [-0.2, -0.15) is 0 Å². The fraction of sp³-hybridized carbons (Fsp3) is 0.625. The largest absolute Gasteiger partial charge is 0.497 e. The monoisotopic (exact) mass is 263 g/mol. The van der Waals surface area contributed by atoms with Gasteiger partial charge in [0.1, 0.15) is 11.5 Å². The Hall–Kier alpha value is -1.22. The van der Waals surface area contributed by atoms with Crippen molar-refractivity contribution >= 4 is 0 Å². The van der Waals surface area contributed by atoms with Crippen LogP contribution in [0.2, 0.25) is 0 Å². The third-order valence-corrected chi connectivity index (χ3v) is 4.25. The first-order valence-corrected chi connectivity index (χ1v) is 7.09. The summed E-state index contributed by atoms with van der Waals surface area (Å²) in [6.45, 7) is 6.73. The lowest BCUT2D eigenvalue weighted by atomic mass is 9.94. The molecule has 1 aliphatic carbocycles. The molecule has 1 aliphatic rings. The first-order chi connectivity index (χ1) is 9.15. The predicted molar refractivity (Wildman–Crippen MR) is 78.2 cm³/mol. The molecule has 3 heteroatoms. The van der Waals surface area contributed by atoms with Crippen LogP contribution in [0, 0.1) is 5.92 Å². The van der Waals surface area contributed by atoms with E-state index < -0.39 is 0 Å². The molecule has 19 heavy (non-hydrogen) atoms. The number of ether oxygens (including phenoxy) is 2. The van der Waals surface area contributed by atoms with Gasteiger partial charge in [0.25, 0.3) is 0 Å². The smallest absolute Gasteiger partial charge is 0.126 e. The summed E-state index contributed by atoms with van der Waals surface area (Å²) in [4.78, 5) is 0. The SMILES string of the molecule is CCCNCC1CC1(C)c1ccc(OC)cc1OC. The molecule has 0 amide bonds. The van der Waals surface area contributed by atoms with E-state index in [2.05, 4.69) is 25.2 Å². The Morgan fingerprint density at radius 2 is 2.11 bits per heavy atom. The van der Waals surface area contributed by atoms with Crippen molar-refractivity contribution in [2.45, 2.75) is 32.1 Å². The molecule has 0 saturated heterocycles. The van der Waals surface area contributed by atoms with Gasteiger partial charge in [0.15, 0.2) is 0 Å². The third-order valence-electron chi connectivity index (χ3n) is 4.25. The summed E-state index contributed by atoms with van der Waals surface area (Å²) in [5.41, 5.74) is 1.55. The Balaban J connectivity index is 2.10. The highest BCUT2D eigenvalue weighted by Crippen LogP contribution is 2.56. The summed E-state index contributed by atoms with van der Waals surface area (Å²) in [6, 6.07) is 6.16. The Morgan fingerprint density at radius 1 is 1.32 bits per heavy atom. The zero-order valence-corrected chi connectivity index (χ0v) is 12.5. The zero-order valence-electron chi connectivity index (χ0n) is 12.5. The summed E-state index contributed by atoms with van der Waals surface area (Å²) in [5.74, 6) is 2.51. The molecule has 1 saturated carbocycles. The average Bonchev–Trinajstić information content (AvgIpc) is 3.10. The molecule has 0 spiro atoms. The van der Waals surface area contributed by atoms with Gasteiger partial charge in [-0.05, 0) is 37.9 Å². The first-order valence-electron chi connectivity index (χ1n) is 7.09. The first kappa shape index (κ1) is 14.2. The van der Waals surface area contributed by atoms with Crippen LogP contribution in [-0.4, -0.2) is 27.3 Å². The molecule has 106 valence electrons. The lowest BCUT2D eigenvalue weighted by Gasteiger charge is -2.17. The highest BCUT2D eigenvalue weighted by molar-refractivity contribution is 5.48. The molecule has 1 fully saturated rings. The Morgan fingerprint density at radius 3 is 2.74 bits per heavy atom. The van der Waals surface area contributed by atoms with Gasteiger partial charge in [-0.3, -0.25) is 0 Å². The molecular weight excluding hydrogens is 238 g/mol. The van der Waals surface area contributed by atoms with Gasteiger partial charge < -0.3 is 14.8 Å². The van der Waals surface area contributed by atoms with Crippen LogP contribution in [0.1, 0.15) is 32.3 Å². The van der Waals surface area contributed by atoms with E-state index >= 15 is 0 Å². The molecule has 1 aromatic rings. The van der Waals surface area contributed by atoms with Crippen LogP contribution in [0.15, 0.2) is 18.2 Å². The normalized spacial score (nSPS) is 25.2. The van der Waals surface area contributed by atoms with Crippen LogP contribution >= 0.6 is 0 Å². The summed E-state index contributed by atoms with van der Waals surface area (Å²) < 4.78 is 10.8. The molecule has 0 bridgehead atoms. The highest BCUT2D eigenvalue weighted by Gasteiger charge is 2.52. The summed E-state index contributed by atoms with van der Waals surface area (Å²) in [7, 11) is 3.42. The van der Waals surface area contributed by atoms with E-state index in [-0.39, 0.29) is 5.41 Å².